The number of nitrogens with zero attached hydrogens (tertiary/aromatic N) is 2. The first-order valence-corrected chi connectivity index (χ1v) is 7.93. The molecule has 1 saturated heterocycles. The molecule has 0 saturated carbocycles. The fourth-order valence-corrected chi connectivity index (χ4v) is 2.50. The minimum atomic E-state index is 0.0135. The summed E-state index contributed by atoms with van der Waals surface area (Å²) in [5.41, 5.74) is 2.19. The van der Waals surface area contributed by atoms with Crippen LogP contribution in [0.15, 0.2) is 24.3 Å². The first-order chi connectivity index (χ1) is 10.1. The van der Waals surface area contributed by atoms with Gasteiger partial charge >= 0.3 is 0 Å². The van der Waals surface area contributed by atoms with Crippen molar-refractivity contribution in [3.63, 3.8) is 0 Å². The van der Waals surface area contributed by atoms with Gasteiger partial charge in [0.25, 0.3) is 0 Å². The van der Waals surface area contributed by atoms with E-state index in [1.807, 2.05) is 26.0 Å². The summed E-state index contributed by atoms with van der Waals surface area (Å²) in [5.74, 6) is 0.0815. The van der Waals surface area contributed by atoms with Crippen molar-refractivity contribution >= 4 is 11.6 Å². The van der Waals surface area contributed by atoms with Gasteiger partial charge in [0.2, 0.25) is 5.91 Å². The molecular weight excluding hydrogens is 262 g/mol. The number of carbonyl (C=O) groups excluding carboxylic acids is 1. The van der Waals surface area contributed by atoms with Gasteiger partial charge in [-0.1, -0.05) is 32.9 Å². The van der Waals surface area contributed by atoms with E-state index < -0.39 is 0 Å². The highest BCUT2D eigenvalue weighted by atomic mass is 16.1. The minimum absolute atomic E-state index is 0.0135. The molecule has 1 aliphatic heterocycles. The summed E-state index contributed by atoms with van der Waals surface area (Å²) in [6, 6.07) is 8.22. The monoisotopic (exact) mass is 289 g/mol. The zero-order valence-electron chi connectivity index (χ0n) is 13.4. The van der Waals surface area contributed by atoms with Crippen LogP contribution in [0.2, 0.25) is 0 Å². The van der Waals surface area contributed by atoms with Gasteiger partial charge in [0.1, 0.15) is 0 Å². The Labute approximate surface area is 128 Å². The smallest absolute Gasteiger partial charge is 0.226 e. The molecule has 0 aliphatic carbocycles. The summed E-state index contributed by atoms with van der Waals surface area (Å²) in [4.78, 5) is 16.6. The fraction of sp³-hybridized carbons (Fsp3) is 0.588. The molecule has 2 rings (SSSR count). The first-order valence-electron chi connectivity index (χ1n) is 7.93. The highest BCUT2D eigenvalue weighted by molar-refractivity contribution is 5.91. The van der Waals surface area contributed by atoms with Crippen LogP contribution in [0.3, 0.4) is 0 Å². The van der Waals surface area contributed by atoms with Crippen molar-refractivity contribution in [2.45, 2.75) is 27.3 Å². The molecule has 1 amide bonds. The fourth-order valence-electron chi connectivity index (χ4n) is 2.50. The average molecular weight is 289 g/mol. The second kappa shape index (κ2) is 7.57. The lowest BCUT2D eigenvalue weighted by Crippen LogP contribution is -2.45. The molecule has 0 unspecified atom stereocenters. The molecule has 1 heterocycles. The van der Waals surface area contributed by atoms with Crippen LogP contribution in [-0.4, -0.2) is 48.4 Å². The van der Waals surface area contributed by atoms with Crippen LogP contribution in [0.1, 0.15) is 26.3 Å². The molecule has 1 aromatic carbocycles. The van der Waals surface area contributed by atoms with E-state index in [0.717, 1.165) is 31.9 Å². The lowest BCUT2D eigenvalue weighted by molar-refractivity contribution is -0.118. The lowest BCUT2D eigenvalue weighted by atomic mass is 10.1. The molecule has 1 fully saturated rings. The number of nitrogens with one attached hydrogen (secondary N) is 1. The summed E-state index contributed by atoms with van der Waals surface area (Å²) in [6.07, 6.45) is 0. The van der Waals surface area contributed by atoms with Crippen LogP contribution in [-0.2, 0) is 11.3 Å². The Morgan fingerprint density at radius 1 is 1.10 bits per heavy atom. The van der Waals surface area contributed by atoms with Gasteiger partial charge in [-0.25, -0.2) is 0 Å². The second-order valence-electron chi connectivity index (χ2n) is 6.05. The van der Waals surface area contributed by atoms with E-state index in [-0.39, 0.29) is 11.8 Å². The Bertz CT molecular complexity index is 448. The molecule has 0 bridgehead atoms. The minimum Gasteiger partial charge on any atom is -0.326 e. The molecule has 4 heteroatoms. The summed E-state index contributed by atoms with van der Waals surface area (Å²) in [5, 5.41) is 2.93. The molecule has 0 radical (unpaired) electrons. The Hall–Kier alpha value is -1.39. The molecule has 0 spiro atoms. The molecule has 0 atom stereocenters. The quantitative estimate of drug-likeness (QED) is 0.904. The Balaban J connectivity index is 1.84. The number of hydrogen-bond acceptors (Lipinski definition) is 3. The maximum Gasteiger partial charge on any atom is 0.226 e. The van der Waals surface area contributed by atoms with Gasteiger partial charge in [-0.2, -0.15) is 0 Å². The van der Waals surface area contributed by atoms with Crippen molar-refractivity contribution in [2.24, 2.45) is 5.92 Å². The SMILES string of the molecule is CCN1CCN(Cc2ccc(NC(=O)C(C)C)cc2)CC1. The van der Waals surface area contributed by atoms with Crippen molar-refractivity contribution < 1.29 is 4.79 Å². The molecule has 116 valence electrons. The van der Waals surface area contributed by atoms with E-state index in [2.05, 4.69) is 34.2 Å². The van der Waals surface area contributed by atoms with Gasteiger partial charge in [-0.15, -0.1) is 0 Å². The predicted octanol–water partition coefficient (Wildman–Crippen LogP) is 2.42. The van der Waals surface area contributed by atoms with E-state index in [1.165, 1.54) is 18.7 Å². The molecule has 0 aromatic heterocycles. The lowest BCUT2D eigenvalue weighted by Gasteiger charge is -2.34. The normalized spacial score (nSPS) is 17.1. The van der Waals surface area contributed by atoms with Crippen molar-refractivity contribution in [3.8, 4) is 0 Å². The van der Waals surface area contributed by atoms with Gasteiger partial charge < -0.3 is 10.2 Å². The van der Waals surface area contributed by atoms with Gasteiger partial charge in [0.15, 0.2) is 0 Å². The number of amides is 1. The van der Waals surface area contributed by atoms with E-state index in [4.69, 9.17) is 0 Å². The third kappa shape index (κ3) is 4.83. The topological polar surface area (TPSA) is 35.6 Å². The third-order valence-electron chi connectivity index (χ3n) is 4.06. The van der Waals surface area contributed by atoms with E-state index in [0.29, 0.717) is 0 Å². The number of rotatable bonds is 5. The van der Waals surface area contributed by atoms with Crippen molar-refractivity contribution in [1.82, 2.24) is 9.80 Å². The summed E-state index contributed by atoms with van der Waals surface area (Å²) >= 11 is 0. The van der Waals surface area contributed by atoms with E-state index >= 15 is 0 Å². The number of carbonyl (C=O) groups is 1. The number of benzene rings is 1. The average Bonchev–Trinajstić information content (AvgIpc) is 2.50. The molecule has 4 nitrogen and oxygen atoms in total. The highest BCUT2D eigenvalue weighted by Crippen LogP contribution is 2.13. The zero-order chi connectivity index (χ0) is 15.2. The van der Waals surface area contributed by atoms with Crippen LogP contribution in [0.5, 0.6) is 0 Å². The number of hydrogen-bond donors (Lipinski definition) is 1. The Kier molecular flexibility index (Phi) is 5.76. The predicted molar refractivity (Wildman–Crippen MR) is 87.3 cm³/mol. The van der Waals surface area contributed by atoms with E-state index in [9.17, 15) is 4.79 Å². The summed E-state index contributed by atoms with van der Waals surface area (Å²) in [7, 11) is 0. The summed E-state index contributed by atoms with van der Waals surface area (Å²) in [6.45, 7) is 12.8. The summed E-state index contributed by atoms with van der Waals surface area (Å²) < 4.78 is 0. The Morgan fingerprint density at radius 3 is 2.19 bits per heavy atom. The standard InChI is InChI=1S/C17H27N3O/c1-4-19-9-11-20(12-10-19)13-15-5-7-16(8-6-15)18-17(21)14(2)3/h5-8,14H,4,9-13H2,1-3H3,(H,18,21). The van der Waals surface area contributed by atoms with Gasteiger partial charge in [0.05, 0.1) is 0 Å². The largest absolute Gasteiger partial charge is 0.326 e. The molecule has 1 aromatic rings. The van der Waals surface area contributed by atoms with Gasteiger partial charge in [-0.05, 0) is 24.2 Å². The maximum absolute atomic E-state index is 11.6. The molecular formula is C17H27N3O. The number of anilines is 1. The molecule has 1 aliphatic rings. The number of piperazine rings is 1. The second-order valence-corrected chi connectivity index (χ2v) is 6.05. The number of likely N-dealkylation sites (N-methyl/N-ethyl adjacent to an activating group) is 1. The maximum atomic E-state index is 11.6. The van der Waals surface area contributed by atoms with Crippen LogP contribution in [0, 0.1) is 5.92 Å². The van der Waals surface area contributed by atoms with Crippen molar-refractivity contribution in [3.05, 3.63) is 29.8 Å². The van der Waals surface area contributed by atoms with E-state index in [1.54, 1.807) is 0 Å². The zero-order valence-corrected chi connectivity index (χ0v) is 13.4. The van der Waals surface area contributed by atoms with Crippen LogP contribution in [0.25, 0.3) is 0 Å². The Morgan fingerprint density at radius 2 is 1.67 bits per heavy atom. The molecule has 21 heavy (non-hydrogen) atoms. The molecule has 1 N–H and O–H groups in total. The van der Waals surface area contributed by atoms with Gasteiger partial charge in [0, 0.05) is 44.3 Å². The first kappa shape index (κ1) is 16.0. The van der Waals surface area contributed by atoms with Crippen LogP contribution < -0.4 is 5.32 Å². The highest BCUT2D eigenvalue weighted by Gasteiger charge is 2.15. The van der Waals surface area contributed by atoms with Crippen molar-refractivity contribution in [1.29, 1.82) is 0 Å². The third-order valence-corrected chi connectivity index (χ3v) is 4.06. The van der Waals surface area contributed by atoms with Crippen LogP contribution in [0.4, 0.5) is 5.69 Å². The van der Waals surface area contributed by atoms with Crippen molar-refractivity contribution in [2.75, 3.05) is 38.0 Å². The van der Waals surface area contributed by atoms with Crippen LogP contribution >= 0.6 is 0 Å². The van der Waals surface area contributed by atoms with Gasteiger partial charge in [-0.3, -0.25) is 9.69 Å².